The van der Waals surface area contributed by atoms with Gasteiger partial charge in [-0.25, -0.2) is 0 Å². The summed E-state index contributed by atoms with van der Waals surface area (Å²) >= 11 is 0. The van der Waals surface area contributed by atoms with Gasteiger partial charge in [-0.1, -0.05) is 34.6 Å². The van der Waals surface area contributed by atoms with E-state index in [4.69, 9.17) is 18.9 Å². The normalized spacial score (nSPS) is 62.2. The summed E-state index contributed by atoms with van der Waals surface area (Å²) in [4.78, 5) is 0. The molecule has 250 valence electrons. The zero-order chi connectivity index (χ0) is 31.6. The van der Waals surface area contributed by atoms with Gasteiger partial charge in [0.25, 0.3) is 0 Å². The van der Waals surface area contributed by atoms with E-state index in [0.717, 1.165) is 44.9 Å². The van der Waals surface area contributed by atoms with E-state index < -0.39 is 48.2 Å². The van der Waals surface area contributed by atoms with Crippen LogP contribution in [0.5, 0.6) is 0 Å². The molecule has 3 saturated heterocycles. The molecule has 0 radical (unpaired) electrons. The Balaban J connectivity index is 1.10. The second-order valence-electron chi connectivity index (χ2n) is 18.3. The predicted octanol–water partition coefficient (Wildman–Crippen LogP) is 3.12. The van der Waals surface area contributed by atoms with Gasteiger partial charge in [-0.2, -0.15) is 0 Å². The van der Waals surface area contributed by atoms with E-state index in [1.165, 1.54) is 6.42 Å². The molecular formula is C35H56O9. The first-order chi connectivity index (χ1) is 20.4. The van der Waals surface area contributed by atoms with Crippen molar-refractivity contribution in [3.05, 3.63) is 0 Å². The summed E-state index contributed by atoms with van der Waals surface area (Å²) < 4.78 is 25.8. The van der Waals surface area contributed by atoms with Gasteiger partial charge in [0.15, 0.2) is 12.1 Å². The second-order valence-corrected chi connectivity index (χ2v) is 18.3. The molecule has 8 aliphatic rings. The van der Waals surface area contributed by atoms with Crippen molar-refractivity contribution in [2.45, 2.75) is 160 Å². The Hall–Kier alpha value is -0.360. The minimum absolute atomic E-state index is 0.0559. The van der Waals surface area contributed by atoms with Crippen molar-refractivity contribution in [2.75, 3.05) is 6.61 Å². The van der Waals surface area contributed by atoms with Crippen LogP contribution in [-0.4, -0.2) is 92.5 Å². The predicted molar refractivity (Wildman–Crippen MR) is 159 cm³/mol. The number of hydrogen-bond acceptors (Lipinski definition) is 9. The molecule has 3 aliphatic heterocycles. The molecule has 0 amide bonds. The van der Waals surface area contributed by atoms with Gasteiger partial charge in [0.05, 0.1) is 24.4 Å². The van der Waals surface area contributed by atoms with E-state index in [9.17, 15) is 25.5 Å². The minimum atomic E-state index is -1.28. The maximum atomic E-state index is 12.7. The molecular weight excluding hydrogens is 564 g/mol. The smallest absolute Gasteiger partial charge is 0.199 e. The monoisotopic (exact) mass is 620 g/mol. The van der Waals surface area contributed by atoms with Gasteiger partial charge in [0, 0.05) is 11.3 Å². The van der Waals surface area contributed by atoms with Gasteiger partial charge in [-0.05, 0) is 105 Å². The van der Waals surface area contributed by atoms with Gasteiger partial charge in [0.2, 0.25) is 0 Å². The number of ether oxygens (including phenoxy) is 4. The van der Waals surface area contributed by atoms with E-state index in [2.05, 4.69) is 34.6 Å². The van der Waals surface area contributed by atoms with Crippen molar-refractivity contribution in [3.8, 4) is 0 Å². The van der Waals surface area contributed by atoms with Crippen LogP contribution in [0.4, 0.5) is 0 Å². The van der Waals surface area contributed by atoms with Crippen molar-refractivity contribution in [2.24, 2.45) is 50.7 Å². The Morgan fingerprint density at radius 3 is 2.23 bits per heavy atom. The fourth-order valence-electron chi connectivity index (χ4n) is 14.0. The van der Waals surface area contributed by atoms with Crippen molar-refractivity contribution in [3.63, 3.8) is 0 Å². The number of aliphatic hydroxyl groups is 5. The van der Waals surface area contributed by atoms with Crippen molar-refractivity contribution in [1.29, 1.82) is 0 Å². The molecule has 9 heteroatoms. The number of hydrogen-bond donors (Lipinski definition) is 5. The lowest BCUT2D eigenvalue weighted by Gasteiger charge is -2.63. The van der Waals surface area contributed by atoms with Crippen LogP contribution in [-0.2, 0) is 18.9 Å². The van der Waals surface area contributed by atoms with Gasteiger partial charge < -0.3 is 44.5 Å². The zero-order valence-electron chi connectivity index (χ0n) is 27.7. The number of aliphatic hydroxyl groups excluding tert-OH is 4. The van der Waals surface area contributed by atoms with Gasteiger partial charge in [-0.3, -0.25) is 0 Å². The molecule has 0 aromatic heterocycles. The standard InChI is InChI=1S/C35H56O9/c1-17-14-19-26(30(4,5)40)44-35(43-19)25(17)31(6)12-13-34-16-33(34)11-10-22(42-27-24(38)23(37)18(36)15-41-27)29(2,3)20(33)8-9-21(34)32(31,7)28(35)39/h17-28,36-40H,8-16H2,1-7H3/t17-,18-,19-,20+,21+,22+,23+,24-,25?,26+,27+,28-,31-,32-,33-,34+,35+/m1/s1. The van der Waals surface area contributed by atoms with Crippen LogP contribution in [0.1, 0.15) is 99.8 Å². The highest BCUT2D eigenvalue weighted by molar-refractivity contribution is 5.34. The quantitative estimate of drug-likeness (QED) is 0.301. The third kappa shape index (κ3) is 3.38. The molecule has 3 heterocycles. The second kappa shape index (κ2) is 9.00. The molecule has 0 aromatic carbocycles. The lowest BCUT2D eigenvalue weighted by Crippen LogP contribution is -2.61. The summed E-state index contributed by atoms with van der Waals surface area (Å²) in [6, 6.07) is 0. The Morgan fingerprint density at radius 2 is 1.52 bits per heavy atom. The van der Waals surface area contributed by atoms with Crippen LogP contribution in [0.25, 0.3) is 0 Å². The fraction of sp³-hybridized carbons (Fsp3) is 1.00. The molecule has 5 saturated carbocycles. The largest absolute Gasteiger partial charge is 0.388 e. The topological polar surface area (TPSA) is 138 Å². The molecule has 44 heavy (non-hydrogen) atoms. The van der Waals surface area contributed by atoms with Crippen molar-refractivity contribution in [1.82, 2.24) is 0 Å². The molecule has 1 unspecified atom stereocenters. The molecule has 0 aromatic rings. The molecule has 8 fully saturated rings. The van der Waals surface area contributed by atoms with Gasteiger partial charge in [-0.15, -0.1) is 0 Å². The van der Waals surface area contributed by atoms with E-state index in [1.54, 1.807) is 13.8 Å². The lowest BCUT2D eigenvalue weighted by molar-refractivity contribution is -0.303. The summed E-state index contributed by atoms with van der Waals surface area (Å²) in [5.74, 6) is 0.108. The summed E-state index contributed by atoms with van der Waals surface area (Å²) in [7, 11) is 0. The average molecular weight is 621 g/mol. The lowest BCUT2D eigenvalue weighted by atomic mass is 9.41. The number of fused-ring (bicyclic) bond motifs is 4. The minimum Gasteiger partial charge on any atom is -0.388 e. The highest BCUT2D eigenvalue weighted by Gasteiger charge is 2.88. The Labute approximate surface area is 262 Å². The Morgan fingerprint density at radius 1 is 0.841 bits per heavy atom. The fourth-order valence-corrected chi connectivity index (χ4v) is 14.0. The molecule has 8 rings (SSSR count). The molecule has 5 N–H and O–H groups in total. The summed E-state index contributed by atoms with van der Waals surface area (Å²) in [6.07, 6.45) is 2.00. The molecule has 9 nitrogen and oxygen atoms in total. The van der Waals surface area contributed by atoms with E-state index in [0.29, 0.717) is 17.8 Å². The molecule has 17 atom stereocenters. The molecule has 3 spiro atoms. The van der Waals surface area contributed by atoms with E-state index >= 15 is 0 Å². The van der Waals surface area contributed by atoms with E-state index in [1.807, 2.05) is 0 Å². The highest BCUT2D eigenvalue weighted by Crippen LogP contribution is 2.90. The highest BCUT2D eigenvalue weighted by atomic mass is 16.8. The van der Waals surface area contributed by atoms with Crippen LogP contribution in [0.3, 0.4) is 0 Å². The first-order valence-electron chi connectivity index (χ1n) is 17.5. The zero-order valence-corrected chi connectivity index (χ0v) is 27.7. The summed E-state index contributed by atoms with van der Waals surface area (Å²) in [6.45, 7) is 15.2. The number of rotatable bonds is 3. The van der Waals surface area contributed by atoms with Crippen LogP contribution >= 0.6 is 0 Å². The molecule has 2 bridgehead atoms. The SMILES string of the molecule is C[C@@H]1C[C@H]2O[C@]3(O[C@@H]2C(C)(C)O)C1[C@@]1(C)CC[C@@]24C[C@@]25CC[C@H](O[C@@H]2OC[C@@H](O)[C@H](O)[C@H]2O)C(C)(C)[C@@H]5CC[C@H]4[C@]1(C)[C@H]3O. The summed E-state index contributed by atoms with van der Waals surface area (Å²) in [5.41, 5.74) is -1.39. The average Bonchev–Trinajstić information content (AvgIpc) is 3.45. The first kappa shape index (κ1) is 30.9. The van der Waals surface area contributed by atoms with Crippen LogP contribution < -0.4 is 0 Å². The van der Waals surface area contributed by atoms with Crippen molar-refractivity contribution >= 4 is 0 Å². The Bertz CT molecular complexity index is 1200. The summed E-state index contributed by atoms with van der Waals surface area (Å²) in [5, 5.41) is 54.5. The maximum absolute atomic E-state index is 12.7. The Kier molecular flexibility index (Phi) is 6.33. The van der Waals surface area contributed by atoms with Crippen LogP contribution in [0, 0.1) is 50.7 Å². The first-order valence-corrected chi connectivity index (χ1v) is 17.5. The van der Waals surface area contributed by atoms with Crippen LogP contribution in [0.15, 0.2) is 0 Å². The van der Waals surface area contributed by atoms with Crippen LogP contribution in [0.2, 0.25) is 0 Å². The van der Waals surface area contributed by atoms with Gasteiger partial charge >= 0.3 is 0 Å². The van der Waals surface area contributed by atoms with E-state index in [-0.39, 0.29) is 51.8 Å². The molecule has 5 aliphatic carbocycles. The maximum Gasteiger partial charge on any atom is 0.199 e. The third-order valence-electron chi connectivity index (χ3n) is 15.9. The van der Waals surface area contributed by atoms with Crippen molar-refractivity contribution < 1.29 is 44.5 Å². The third-order valence-corrected chi connectivity index (χ3v) is 15.9. The van der Waals surface area contributed by atoms with Gasteiger partial charge in [0.1, 0.15) is 30.5 Å².